The first kappa shape index (κ1) is 30.7. The van der Waals surface area contributed by atoms with Gasteiger partial charge in [0.25, 0.3) is 0 Å². The Hall–Kier alpha value is -4.71. The predicted octanol–water partition coefficient (Wildman–Crippen LogP) is 4.97. The average Bonchev–Trinajstić information content (AvgIpc) is 3.45. The van der Waals surface area contributed by atoms with Crippen LogP contribution in [0.2, 0.25) is 0 Å². The number of amides is 1. The smallest absolute Gasteiger partial charge is 0.309 e. The average molecular weight is 621 g/mol. The van der Waals surface area contributed by atoms with Gasteiger partial charge in [0, 0.05) is 23.8 Å². The van der Waals surface area contributed by atoms with Gasteiger partial charge >= 0.3 is 5.97 Å². The lowest BCUT2D eigenvalue weighted by molar-refractivity contribution is -0.143. The van der Waals surface area contributed by atoms with E-state index in [1.807, 2.05) is 0 Å². The molecule has 3 atom stereocenters. The van der Waals surface area contributed by atoms with Crippen molar-refractivity contribution in [2.75, 3.05) is 24.7 Å². The molecule has 1 amide bonds. The molecule has 2 heterocycles. The van der Waals surface area contributed by atoms with Crippen molar-refractivity contribution in [3.63, 3.8) is 0 Å². The van der Waals surface area contributed by atoms with Crippen molar-refractivity contribution in [3.8, 4) is 5.75 Å². The van der Waals surface area contributed by atoms with Crippen LogP contribution < -0.4 is 15.8 Å². The number of aromatic nitrogens is 1. The molecular weight excluding hydrogens is 587 g/mol. The topological polar surface area (TPSA) is 152 Å². The van der Waals surface area contributed by atoms with Crippen molar-refractivity contribution in [1.82, 2.24) is 9.88 Å². The van der Waals surface area contributed by atoms with Gasteiger partial charge in [0.1, 0.15) is 11.9 Å². The minimum Gasteiger partial charge on any atom is -0.494 e. The lowest BCUT2D eigenvalue weighted by Gasteiger charge is -2.32. The van der Waals surface area contributed by atoms with Gasteiger partial charge in [-0.2, -0.15) is 0 Å². The van der Waals surface area contributed by atoms with Gasteiger partial charge in [-0.3, -0.25) is 9.59 Å². The fourth-order valence-corrected chi connectivity index (χ4v) is 6.98. The molecule has 1 unspecified atom stereocenters. The van der Waals surface area contributed by atoms with E-state index in [9.17, 15) is 27.5 Å². The molecule has 0 spiro atoms. The second-order valence-corrected chi connectivity index (χ2v) is 13.4. The molecule has 5 rings (SSSR count). The highest BCUT2D eigenvalue weighted by Gasteiger charge is 2.46. The highest BCUT2D eigenvalue weighted by atomic mass is 32.2. The van der Waals surface area contributed by atoms with Crippen LogP contribution in [0.25, 0.3) is 10.8 Å². The fourth-order valence-electron chi connectivity index (χ4n) is 5.69. The number of fused-ring (bicyclic) bond motifs is 1. The van der Waals surface area contributed by atoms with Gasteiger partial charge in [-0.25, -0.2) is 17.8 Å². The lowest BCUT2D eigenvalue weighted by Crippen LogP contribution is -2.40. The van der Waals surface area contributed by atoms with Gasteiger partial charge in [-0.1, -0.05) is 24.3 Å². The van der Waals surface area contributed by atoms with E-state index in [0.717, 1.165) is 10.8 Å². The zero-order valence-corrected chi connectivity index (χ0v) is 25.2. The number of aliphatic carboxylic acids is 1. The zero-order chi connectivity index (χ0) is 31.8. The number of nitrogens with one attached hydrogen (secondary N) is 1. The first-order valence-corrected chi connectivity index (χ1v) is 15.6. The summed E-state index contributed by atoms with van der Waals surface area (Å²) >= 11 is 0. The molecule has 44 heavy (non-hydrogen) atoms. The number of sulfone groups is 1. The summed E-state index contributed by atoms with van der Waals surface area (Å²) < 4.78 is 46.4. The van der Waals surface area contributed by atoms with Gasteiger partial charge in [-0.05, 0) is 79.2 Å². The van der Waals surface area contributed by atoms with Crippen LogP contribution in [0.4, 0.5) is 15.9 Å². The number of nitrogen functional groups attached to an aromatic ring is 1. The molecule has 0 aliphatic carbocycles. The van der Waals surface area contributed by atoms with E-state index < -0.39 is 50.8 Å². The van der Waals surface area contributed by atoms with Gasteiger partial charge in [0.15, 0.2) is 21.4 Å². The third-order valence-electron chi connectivity index (χ3n) is 8.02. The number of carboxylic acid groups (broad SMARTS) is 1. The van der Waals surface area contributed by atoms with E-state index in [1.54, 1.807) is 62.5 Å². The monoisotopic (exact) mass is 620 g/mol. The van der Waals surface area contributed by atoms with Crippen LogP contribution >= 0.6 is 0 Å². The summed E-state index contributed by atoms with van der Waals surface area (Å²) in [7, 11) is -2.51. The number of hydrogen-bond acceptors (Lipinski definition) is 8. The molecule has 12 heteroatoms. The molecule has 1 fully saturated rings. The Morgan fingerprint density at radius 2 is 1.86 bits per heavy atom. The fraction of sp³-hybridized carbons (Fsp3) is 0.281. The van der Waals surface area contributed by atoms with Crippen molar-refractivity contribution in [1.29, 1.82) is 0 Å². The Morgan fingerprint density at radius 3 is 2.57 bits per heavy atom. The highest BCUT2D eigenvalue weighted by Crippen LogP contribution is 2.43. The Labute approximate surface area is 254 Å². The summed E-state index contributed by atoms with van der Waals surface area (Å²) in [5.74, 6) is -3.06. The summed E-state index contributed by atoms with van der Waals surface area (Å²) in [6.07, 6.45) is 1.68. The van der Waals surface area contributed by atoms with E-state index >= 15 is 0 Å². The lowest BCUT2D eigenvalue weighted by atomic mass is 9.93. The Kier molecular flexibility index (Phi) is 8.46. The van der Waals surface area contributed by atoms with Crippen LogP contribution in [0.15, 0.2) is 77.8 Å². The summed E-state index contributed by atoms with van der Waals surface area (Å²) in [6, 6.07) is 15.1. The maximum absolute atomic E-state index is 14.6. The van der Waals surface area contributed by atoms with Gasteiger partial charge in [-0.15, -0.1) is 0 Å². The van der Waals surface area contributed by atoms with Gasteiger partial charge < -0.3 is 25.8 Å². The number of carboxylic acids is 1. The molecule has 0 saturated carbocycles. The number of halogens is 1. The SMILES string of the molecule is COc1cc(C(Nc2ccc3c(N)nccc3c2)C(=O)N2CC[C@H](C(=O)O)[C@@H]2c2ccccc2S(=O)(=O)C(C)C)ccc1F. The molecule has 1 aliphatic rings. The molecule has 10 nitrogen and oxygen atoms in total. The molecule has 0 bridgehead atoms. The zero-order valence-electron chi connectivity index (χ0n) is 24.4. The van der Waals surface area contributed by atoms with Crippen LogP contribution in [0.5, 0.6) is 5.75 Å². The first-order valence-electron chi connectivity index (χ1n) is 14.0. The highest BCUT2D eigenvalue weighted by molar-refractivity contribution is 7.92. The van der Waals surface area contributed by atoms with E-state index in [1.165, 1.54) is 36.3 Å². The molecule has 0 radical (unpaired) electrons. The summed E-state index contributed by atoms with van der Waals surface area (Å²) in [6.45, 7) is 3.16. The Bertz CT molecular complexity index is 1850. The minimum absolute atomic E-state index is 0.0142. The number of benzene rings is 3. The number of nitrogens with two attached hydrogens (primary N) is 1. The normalized spacial score (nSPS) is 17.5. The third kappa shape index (κ3) is 5.64. The molecular formula is C32H33FN4O6S. The van der Waals surface area contributed by atoms with E-state index in [-0.39, 0.29) is 29.2 Å². The molecule has 4 aromatic rings. The van der Waals surface area contributed by atoms with Gasteiger partial charge in [0.05, 0.1) is 29.2 Å². The van der Waals surface area contributed by atoms with Crippen LogP contribution in [0.3, 0.4) is 0 Å². The number of hydrogen-bond donors (Lipinski definition) is 3. The van der Waals surface area contributed by atoms with Crippen LogP contribution in [-0.2, 0) is 19.4 Å². The van der Waals surface area contributed by atoms with E-state index in [2.05, 4.69) is 10.3 Å². The van der Waals surface area contributed by atoms with Crippen LogP contribution in [0, 0.1) is 11.7 Å². The quantitative estimate of drug-likeness (QED) is 0.235. The number of ether oxygens (including phenoxy) is 1. The third-order valence-corrected chi connectivity index (χ3v) is 10.3. The summed E-state index contributed by atoms with van der Waals surface area (Å²) in [4.78, 5) is 32.5. The predicted molar refractivity (Wildman–Crippen MR) is 164 cm³/mol. The second kappa shape index (κ2) is 12.1. The number of likely N-dealkylation sites (tertiary alicyclic amines) is 1. The van der Waals surface area contributed by atoms with Crippen molar-refractivity contribution in [3.05, 3.63) is 89.9 Å². The number of nitrogens with zero attached hydrogens (tertiary/aromatic N) is 2. The number of carbonyl (C=O) groups excluding carboxylic acids is 1. The molecule has 1 aromatic heterocycles. The van der Waals surface area contributed by atoms with Crippen LogP contribution in [-0.4, -0.2) is 54.2 Å². The molecule has 1 saturated heterocycles. The summed E-state index contributed by atoms with van der Waals surface area (Å²) in [5.41, 5.74) is 7.16. The first-order chi connectivity index (χ1) is 20.9. The Morgan fingerprint density at radius 1 is 1.11 bits per heavy atom. The Balaban J connectivity index is 1.63. The van der Waals surface area contributed by atoms with Crippen LogP contribution in [0.1, 0.15) is 43.5 Å². The molecule has 4 N–H and O–H groups in total. The molecule has 3 aromatic carbocycles. The minimum atomic E-state index is -3.82. The number of methoxy groups -OCH3 is 1. The van der Waals surface area contributed by atoms with Crippen molar-refractivity contribution < 1.29 is 32.2 Å². The summed E-state index contributed by atoms with van der Waals surface area (Å²) in [5, 5.41) is 14.1. The maximum Gasteiger partial charge on any atom is 0.309 e. The number of carbonyl (C=O) groups is 2. The van der Waals surface area contributed by atoms with E-state index in [4.69, 9.17) is 10.5 Å². The number of anilines is 2. The van der Waals surface area contributed by atoms with E-state index in [0.29, 0.717) is 17.1 Å². The standard InChI is InChI=1S/C32H33FN4O6S/c1-18(2)44(41,42)27-7-5-4-6-23(27)29-24(32(39)40)13-15-37(29)31(38)28(20-8-11-25(33)26(17-20)43-3)36-21-9-10-22-19(16-21)12-14-35-30(22)34/h4-12,14,16-18,24,28-29,36H,13,15H2,1-3H3,(H2,34,35)(H,39,40)/t24-,28?,29-/m0/s1. The molecule has 230 valence electrons. The van der Waals surface area contributed by atoms with Crippen molar-refractivity contribution in [2.24, 2.45) is 5.92 Å². The molecule has 1 aliphatic heterocycles. The van der Waals surface area contributed by atoms with Crippen molar-refractivity contribution in [2.45, 2.75) is 42.5 Å². The second-order valence-electron chi connectivity index (χ2n) is 10.9. The number of rotatable bonds is 9. The maximum atomic E-state index is 14.6. The number of pyridine rings is 1. The van der Waals surface area contributed by atoms with Gasteiger partial charge in [0.2, 0.25) is 5.91 Å². The largest absolute Gasteiger partial charge is 0.494 e. The van der Waals surface area contributed by atoms with Crippen molar-refractivity contribution >= 4 is 44.0 Å².